The number of aromatic nitrogens is 1. The molecule has 1 aliphatic rings. The molecule has 0 radical (unpaired) electrons. The number of carbonyl (C=O) groups excluding carboxylic acids is 1. The van der Waals surface area contributed by atoms with Crippen molar-refractivity contribution in [2.45, 2.75) is 51.9 Å². The smallest absolute Gasteiger partial charge is 0.410 e. The summed E-state index contributed by atoms with van der Waals surface area (Å²) in [5.74, 6) is 0. The van der Waals surface area contributed by atoms with E-state index in [2.05, 4.69) is 4.98 Å². The summed E-state index contributed by atoms with van der Waals surface area (Å²) in [6.45, 7) is 5.65. The average molecular weight is 286 g/mol. The van der Waals surface area contributed by atoms with Crippen LogP contribution >= 0.6 is 11.3 Å². The van der Waals surface area contributed by atoms with Gasteiger partial charge in [-0.25, -0.2) is 14.2 Å². The van der Waals surface area contributed by atoms with Crippen molar-refractivity contribution in [3.63, 3.8) is 0 Å². The zero-order valence-corrected chi connectivity index (χ0v) is 12.3. The summed E-state index contributed by atoms with van der Waals surface area (Å²) in [5.41, 5.74) is -0.0620. The van der Waals surface area contributed by atoms with Gasteiger partial charge in [-0.3, -0.25) is 4.90 Å². The van der Waals surface area contributed by atoms with Crippen molar-refractivity contribution in [2.75, 3.05) is 6.54 Å². The molecule has 1 fully saturated rings. The summed E-state index contributed by atoms with van der Waals surface area (Å²) in [5, 5.41) is 2.51. The summed E-state index contributed by atoms with van der Waals surface area (Å²) in [6, 6.07) is -0.0693. The molecule has 1 aromatic rings. The number of rotatable bonds is 2. The molecule has 1 aromatic heterocycles. The van der Waals surface area contributed by atoms with Gasteiger partial charge < -0.3 is 4.74 Å². The minimum atomic E-state index is -0.560. The van der Waals surface area contributed by atoms with E-state index in [-0.39, 0.29) is 12.1 Å². The van der Waals surface area contributed by atoms with Crippen LogP contribution in [0.5, 0.6) is 0 Å². The Balaban J connectivity index is 2.10. The Hall–Kier alpha value is -1.17. The first-order valence-electron chi connectivity index (χ1n) is 6.40. The van der Waals surface area contributed by atoms with Gasteiger partial charge in [0.05, 0.1) is 11.7 Å². The fourth-order valence-corrected chi connectivity index (χ4v) is 3.04. The monoisotopic (exact) mass is 286 g/mol. The van der Waals surface area contributed by atoms with Crippen molar-refractivity contribution in [1.29, 1.82) is 0 Å². The van der Waals surface area contributed by atoms with Crippen LogP contribution in [-0.4, -0.2) is 28.1 Å². The molecular formula is C13H19FN2O2S. The molecule has 0 unspecified atom stereocenters. The van der Waals surface area contributed by atoms with Crippen molar-refractivity contribution in [3.8, 4) is 0 Å². The molecule has 1 atom stereocenters. The lowest BCUT2D eigenvalue weighted by atomic mass is 10.2. The standard InChI is InChI=1S/C13H19FN2O2S/c1-13(2,3)18-12(17)16-6-4-5-10(16)11-15-9(7-14)8-19-11/h8,10H,4-7H2,1-3H3/t10-/m1/s1. The molecule has 0 aromatic carbocycles. The van der Waals surface area contributed by atoms with Crippen LogP contribution in [0.2, 0.25) is 0 Å². The van der Waals surface area contributed by atoms with Crippen molar-refractivity contribution < 1.29 is 13.9 Å². The summed E-state index contributed by atoms with van der Waals surface area (Å²) < 4.78 is 17.9. The number of alkyl halides is 1. The molecule has 106 valence electrons. The first-order chi connectivity index (χ1) is 8.90. The number of carbonyl (C=O) groups is 1. The second kappa shape index (κ2) is 5.45. The van der Waals surface area contributed by atoms with Crippen molar-refractivity contribution in [3.05, 3.63) is 16.1 Å². The van der Waals surface area contributed by atoms with E-state index in [4.69, 9.17) is 4.74 Å². The van der Waals surface area contributed by atoms with E-state index in [0.717, 1.165) is 17.8 Å². The molecular weight excluding hydrogens is 267 g/mol. The second-order valence-corrected chi connectivity index (χ2v) is 6.53. The highest BCUT2D eigenvalue weighted by Crippen LogP contribution is 2.34. The zero-order chi connectivity index (χ0) is 14.0. The van der Waals surface area contributed by atoms with Crippen molar-refractivity contribution in [2.24, 2.45) is 0 Å². The van der Waals surface area contributed by atoms with Crippen LogP contribution in [0.1, 0.15) is 50.4 Å². The molecule has 0 bridgehead atoms. The third-order valence-electron chi connectivity index (χ3n) is 2.87. The molecule has 2 heterocycles. The maximum atomic E-state index is 12.5. The predicted octanol–water partition coefficient (Wildman–Crippen LogP) is 3.68. The van der Waals surface area contributed by atoms with Gasteiger partial charge >= 0.3 is 6.09 Å². The summed E-state index contributed by atoms with van der Waals surface area (Å²) in [6.07, 6.45) is 1.47. The number of ether oxygens (including phenoxy) is 1. The Morgan fingerprint density at radius 1 is 1.63 bits per heavy atom. The first-order valence-corrected chi connectivity index (χ1v) is 7.28. The third-order valence-corrected chi connectivity index (χ3v) is 3.87. The van der Waals surface area contributed by atoms with Crippen molar-refractivity contribution in [1.82, 2.24) is 9.88 Å². The minimum absolute atomic E-state index is 0.0693. The van der Waals surface area contributed by atoms with E-state index in [1.165, 1.54) is 11.3 Å². The number of hydrogen-bond donors (Lipinski definition) is 0. The van der Waals surface area contributed by atoms with Crippen LogP contribution in [-0.2, 0) is 11.4 Å². The van der Waals surface area contributed by atoms with Gasteiger partial charge in [-0.05, 0) is 33.6 Å². The number of thiazole rings is 1. The van der Waals surface area contributed by atoms with Gasteiger partial charge in [0.2, 0.25) is 0 Å². The molecule has 0 aliphatic carbocycles. The topological polar surface area (TPSA) is 42.4 Å². The number of likely N-dealkylation sites (tertiary alicyclic amines) is 1. The Morgan fingerprint density at radius 2 is 2.37 bits per heavy atom. The Labute approximate surface area is 116 Å². The van der Waals surface area contributed by atoms with Crippen LogP contribution in [0.15, 0.2) is 5.38 Å². The Kier molecular flexibility index (Phi) is 4.08. The minimum Gasteiger partial charge on any atom is -0.444 e. The third kappa shape index (κ3) is 3.43. The molecule has 0 spiro atoms. The van der Waals surface area contributed by atoms with Crippen LogP contribution in [0.3, 0.4) is 0 Å². The highest BCUT2D eigenvalue weighted by Gasteiger charge is 2.34. The van der Waals surface area contributed by atoms with Crippen LogP contribution in [0, 0.1) is 0 Å². The number of nitrogens with zero attached hydrogens (tertiary/aromatic N) is 2. The van der Waals surface area contributed by atoms with E-state index in [1.54, 1.807) is 10.3 Å². The molecule has 0 saturated carbocycles. The molecule has 1 saturated heterocycles. The zero-order valence-electron chi connectivity index (χ0n) is 11.5. The highest BCUT2D eigenvalue weighted by molar-refractivity contribution is 7.09. The normalized spacial score (nSPS) is 19.8. The van der Waals surface area contributed by atoms with Gasteiger partial charge in [-0.2, -0.15) is 0 Å². The van der Waals surface area contributed by atoms with E-state index >= 15 is 0 Å². The van der Waals surface area contributed by atoms with E-state index < -0.39 is 12.3 Å². The van der Waals surface area contributed by atoms with Crippen LogP contribution in [0.4, 0.5) is 9.18 Å². The lowest BCUT2D eigenvalue weighted by Gasteiger charge is -2.27. The van der Waals surface area contributed by atoms with Gasteiger partial charge in [-0.1, -0.05) is 0 Å². The molecule has 1 aliphatic heterocycles. The lowest BCUT2D eigenvalue weighted by Crippen LogP contribution is -2.36. The maximum absolute atomic E-state index is 12.5. The average Bonchev–Trinajstić information content (AvgIpc) is 2.95. The SMILES string of the molecule is CC(C)(C)OC(=O)N1CCC[C@@H]1c1nc(CF)cs1. The lowest BCUT2D eigenvalue weighted by molar-refractivity contribution is 0.0224. The van der Waals surface area contributed by atoms with Crippen LogP contribution < -0.4 is 0 Å². The van der Waals surface area contributed by atoms with E-state index in [0.29, 0.717) is 12.2 Å². The van der Waals surface area contributed by atoms with E-state index in [9.17, 15) is 9.18 Å². The number of amides is 1. The predicted molar refractivity (Wildman–Crippen MR) is 71.8 cm³/mol. The summed E-state index contributed by atoms with van der Waals surface area (Å²) in [4.78, 5) is 18.1. The molecule has 2 rings (SSSR count). The molecule has 19 heavy (non-hydrogen) atoms. The van der Waals surface area contributed by atoms with Gasteiger partial charge in [0.25, 0.3) is 0 Å². The maximum Gasteiger partial charge on any atom is 0.410 e. The van der Waals surface area contributed by atoms with Crippen molar-refractivity contribution >= 4 is 17.4 Å². The van der Waals surface area contributed by atoms with Gasteiger partial charge in [0.15, 0.2) is 0 Å². The number of halogens is 1. The first kappa shape index (κ1) is 14.2. The second-order valence-electron chi connectivity index (χ2n) is 5.64. The largest absolute Gasteiger partial charge is 0.444 e. The summed E-state index contributed by atoms with van der Waals surface area (Å²) in [7, 11) is 0. The van der Waals surface area contributed by atoms with Gasteiger partial charge in [-0.15, -0.1) is 11.3 Å². The molecule has 1 amide bonds. The molecule has 4 nitrogen and oxygen atoms in total. The van der Waals surface area contributed by atoms with E-state index in [1.807, 2.05) is 20.8 Å². The fourth-order valence-electron chi connectivity index (χ4n) is 2.10. The van der Waals surface area contributed by atoms with Gasteiger partial charge in [0, 0.05) is 11.9 Å². The highest BCUT2D eigenvalue weighted by atomic mass is 32.1. The quantitative estimate of drug-likeness (QED) is 0.832. The Morgan fingerprint density at radius 3 is 2.95 bits per heavy atom. The molecule has 0 N–H and O–H groups in total. The number of hydrogen-bond acceptors (Lipinski definition) is 4. The fraction of sp³-hybridized carbons (Fsp3) is 0.692. The molecule has 6 heteroatoms. The van der Waals surface area contributed by atoms with Crippen LogP contribution in [0.25, 0.3) is 0 Å². The Bertz CT molecular complexity index is 456. The van der Waals surface area contributed by atoms with Gasteiger partial charge in [0.1, 0.15) is 17.3 Å². The summed E-state index contributed by atoms with van der Waals surface area (Å²) >= 11 is 1.41.